The molecule has 9 heteroatoms. The topological polar surface area (TPSA) is 104 Å². The van der Waals surface area contributed by atoms with Gasteiger partial charge in [-0.3, -0.25) is 0 Å². The maximum atomic E-state index is 11.3. The largest absolute Gasteiger partial charge is 0.508 e. The van der Waals surface area contributed by atoms with Crippen LogP contribution >= 0.6 is 0 Å². The maximum Gasteiger partial charge on any atom is 0.508 e. The third kappa shape index (κ3) is 3.58. The Kier molecular flexibility index (Phi) is 3.54. The van der Waals surface area contributed by atoms with Crippen LogP contribution in [0, 0.1) is 0 Å². The third-order valence-corrected chi connectivity index (χ3v) is 6.38. The van der Waals surface area contributed by atoms with E-state index in [1.165, 1.54) is 0 Å². The van der Waals surface area contributed by atoms with Gasteiger partial charge in [0.1, 0.15) is 12.2 Å². The summed E-state index contributed by atoms with van der Waals surface area (Å²) in [6.07, 6.45) is -1.82. The summed E-state index contributed by atoms with van der Waals surface area (Å²) in [5.41, 5.74) is 0. The Morgan fingerprint density at radius 1 is 0.833 bits per heavy atom. The van der Waals surface area contributed by atoms with Gasteiger partial charge in [0.25, 0.3) is 0 Å². The molecule has 2 aliphatic heterocycles. The van der Waals surface area contributed by atoms with E-state index < -0.39 is 38.0 Å². The molecule has 0 spiro atoms. The van der Waals surface area contributed by atoms with E-state index >= 15 is 0 Å². The highest BCUT2D eigenvalue weighted by Gasteiger charge is 2.34. The third-order valence-electron chi connectivity index (χ3n) is 2.91. The van der Waals surface area contributed by atoms with Crippen molar-refractivity contribution in [2.75, 3.05) is 23.0 Å². The van der Waals surface area contributed by atoms with Crippen molar-refractivity contribution in [3.8, 4) is 0 Å². The number of hydrogen-bond acceptors (Lipinski definition) is 7. The zero-order valence-electron chi connectivity index (χ0n) is 9.57. The first-order valence-electron chi connectivity index (χ1n) is 5.54. The fourth-order valence-corrected chi connectivity index (χ4v) is 5.19. The smallest absolute Gasteiger partial charge is 0.430 e. The molecule has 104 valence electrons. The average Bonchev–Trinajstić information content (AvgIpc) is 2.69. The molecule has 0 aliphatic carbocycles. The molecule has 2 fully saturated rings. The van der Waals surface area contributed by atoms with Crippen LogP contribution in [-0.2, 0) is 29.1 Å². The van der Waals surface area contributed by atoms with Gasteiger partial charge in [-0.05, 0) is 12.8 Å². The minimum Gasteiger partial charge on any atom is -0.430 e. The first-order valence-corrected chi connectivity index (χ1v) is 9.18. The zero-order valence-corrected chi connectivity index (χ0v) is 11.2. The van der Waals surface area contributed by atoms with Crippen molar-refractivity contribution >= 4 is 25.8 Å². The predicted octanol–water partition coefficient (Wildman–Crippen LogP) is -0.486. The van der Waals surface area contributed by atoms with Gasteiger partial charge < -0.3 is 9.47 Å². The number of ether oxygens (including phenoxy) is 2. The lowest BCUT2D eigenvalue weighted by Gasteiger charge is -2.13. The van der Waals surface area contributed by atoms with Crippen molar-refractivity contribution in [1.82, 2.24) is 0 Å². The van der Waals surface area contributed by atoms with Crippen LogP contribution in [0.1, 0.15) is 12.8 Å². The van der Waals surface area contributed by atoms with E-state index in [0.717, 1.165) is 0 Å². The quantitative estimate of drug-likeness (QED) is 0.634. The minimum absolute atomic E-state index is 0.00273. The number of carbonyl (C=O) groups excluding carboxylic acids is 1. The van der Waals surface area contributed by atoms with Gasteiger partial charge in [-0.15, -0.1) is 0 Å². The Hall–Kier alpha value is -0.830. The van der Waals surface area contributed by atoms with Crippen LogP contribution in [0.15, 0.2) is 0 Å². The van der Waals surface area contributed by atoms with Gasteiger partial charge in [-0.25, -0.2) is 21.6 Å². The van der Waals surface area contributed by atoms with Crippen molar-refractivity contribution in [2.24, 2.45) is 0 Å². The van der Waals surface area contributed by atoms with E-state index in [9.17, 15) is 21.6 Å². The van der Waals surface area contributed by atoms with Crippen LogP contribution in [0.3, 0.4) is 0 Å². The molecule has 0 N–H and O–H groups in total. The molecule has 2 atom stereocenters. The number of carbonyl (C=O) groups is 1. The lowest BCUT2D eigenvalue weighted by atomic mass is 10.3. The van der Waals surface area contributed by atoms with Crippen molar-refractivity contribution in [1.29, 1.82) is 0 Å². The van der Waals surface area contributed by atoms with Gasteiger partial charge in [0, 0.05) is 0 Å². The molecule has 0 amide bonds. The molecule has 0 bridgehead atoms. The van der Waals surface area contributed by atoms with Crippen LogP contribution in [0.2, 0.25) is 0 Å². The summed E-state index contributed by atoms with van der Waals surface area (Å²) in [6.45, 7) is 0. The molecule has 2 heterocycles. The van der Waals surface area contributed by atoms with Crippen molar-refractivity contribution in [3.05, 3.63) is 0 Å². The molecule has 0 aromatic rings. The van der Waals surface area contributed by atoms with Crippen LogP contribution in [0.5, 0.6) is 0 Å². The van der Waals surface area contributed by atoms with E-state index in [2.05, 4.69) is 0 Å². The first kappa shape index (κ1) is 13.6. The monoisotopic (exact) mass is 298 g/mol. The second-order valence-corrected chi connectivity index (χ2v) is 8.99. The van der Waals surface area contributed by atoms with Crippen LogP contribution < -0.4 is 0 Å². The molecule has 0 saturated carbocycles. The van der Waals surface area contributed by atoms with Gasteiger partial charge in [-0.1, -0.05) is 0 Å². The summed E-state index contributed by atoms with van der Waals surface area (Å²) in [5, 5.41) is 0. The minimum atomic E-state index is -3.12. The Morgan fingerprint density at radius 3 is 1.50 bits per heavy atom. The highest BCUT2D eigenvalue weighted by Crippen LogP contribution is 2.18. The summed E-state index contributed by atoms with van der Waals surface area (Å²) in [5.74, 6) is -0.373. The molecule has 0 aromatic heterocycles. The zero-order chi connectivity index (χ0) is 13.4. The van der Waals surface area contributed by atoms with Gasteiger partial charge in [0.2, 0.25) is 0 Å². The number of rotatable bonds is 2. The van der Waals surface area contributed by atoms with Gasteiger partial charge in [0.05, 0.1) is 23.0 Å². The summed E-state index contributed by atoms with van der Waals surface area (Å²) >= 11 is 0. The SMILES string of the molecule is O=C(O[C@@H]1CCS(=O)(=O)C1)O[C@@H]1CCS(=O)(=O)C1. The number of hydrogen-bond donors (Lipinski definition) is 0. The molecule has 2 saturated heterocycles. The molecule has 0 aromatic carbocycles. The van der Waals surface area contributed by atoms with Crippen molar-refractivity contribution < 1.29 is 31.1 Å². The maximum absolute atomic E-state index is 11.3. The fourth-order valence-electron chi connectivity index (χ4n) is 2.01. The van der Waals surface area contributed by atoms with Gasteiger partial charge >= 0.3 is 6.16 Å². The standard InChI is InChI=1S/C9H14O7S2/c10-9(15-7-1-3-17(11,12)5-7)16-8-2-4-18(13,14)6-8/h7-8H,1-6H2/t7-,8-/m1/s1. The molecule has 2 aliphatic rings. The van der Waals surface area contributed by atoms with Crippen molar-refractivity contribution in [3.63, 3.8) is 0 Å². The summed E-state index contributed by atoms with van der Waals surface area (Å²) in [7, 11) is -6.23. The highest BCUT2D eigenvalue weighted by molar-refractivity contribution is 7.91. The summed E-state index contributed by atoms with van der Waals surface area (Å²) < 4.78 is 54.2. The van der Waals surface area contributed by atoms with E-state index in [1.807, 2.05) is 0 Å². The van der Waals surface area contributed by atoms with E-state index in [-0.39, 0.29) is 35.9 Å². The van der Waals surface area contributed by atoms with E-state index in [0.29, 0.717) is 0 Å². The first-order chi connectivity index (χ1) is 8.26. The molecule has 7 nitrogen and oxygen atoms in total. The Bertz CT molecular complexity index is 485. The lowest BCUT2D eigenvalue weighted by Crippen LogP contribution is -2.25. The molecule has 0 unspecified atom stereocenters. The molecule has 18 heavy (non-hydrogen) atoms. The molecular formula is C9H14O7S2. The van der Waals surface area contributed by atoms with Crippen LogP contribution in [0.25, 0.3) is 0 Å². The van der Waals surface area contributed by atoms with E-state index in [1.54, 1.807) is 0 Å². The second kappa shape index (κ2) is 4.69. The van der Waals surface area contributed by atoms with Gasteiger partial charge in [-0.2, -0.15) is 0 Å². The summed E-state index contributed by atoms with van der Waals surface area (Å²) in [6, 6.07) is 0. The normalized spacial score (nSPS) is 33.1. The highest BCUT2D eigenvalue weighted by atomic mass is 32.2. The number of sulfone groups is 2. The average molecular weight is 298 g/mol. The van der Waals surface area contributed by atoms with Crippen LogP contribution in [-0.4, -0.2) is 58.2 Å². The summed E-state index contributed by atoms with van der Waals surface area (Å²) in [4.78, 5) is 11.3. The Morgan fingerprint density at radius 2 is 1.22 bits per heavy atom. The molecular weight excluding hydrogens is 284 g/mol. The van der Waals surface area contributed by atoms with Gasteiger partial charge in [0.15, 0.2) is 19.7 Å². The van der Waals surface area contributed by atoms with E-state index in [4.69, 9.17) is 9.47 Å². The molecule has 0 radical (unpaired) electrons. The second-order valence-electron chi connectivity index (χ2n) is 4.54. The Balaban J connectivity index is 1.80. The lowest BCUT2D eigenvalue weighted by molar-refractivity contribution is 0.0113. The fraction of sp³-hybridized carbons (Fsp3) is 0.889. The predicted molar refractivity (Wildman–Crippen MR) is 61.7 cm³/mol. The molecule has 2 rings (SSSR count). The van der Waals surface area contributed by atoms with Crippen molar-refractivity contribution in [2.45, 2.75) is 25.0 Å². The Labute approximate surface area is 105 Å². The van der Waals surface area contributed by atoms with Crippen LogP contribution in [0.4, 0.5) is 4.79 Å².